The minimum Gasteiger partial charge on any atom is -0.0625 e. The van der Waals surface area contributed by atoms with Gasteiger partial charge in [0, 0.05) is 0 Å². The third-order valence-electron chi connectivity index (χ3n) is 5.39. The topological polar surface area (TPSA) is 0 Å². The van der Waals surface area contributed by atoms with Gasteiger partial charge in [-0.1, -0.05) is 87.9 Å². The van der Waals surface area contributed by atoms with E-state index in [-0.39, 0.29) is 7.92 Å². The van der Waals surface area contributed by atoms with Crippen LogP contribution in [0.25, 0.3) is 0 Å². The molecule has 1 aliphatic carbocycles. The molecule has 0 radical (unpaired) electrons. The van der Waals surface area contributed by atoms with Crippen LogP contribution < -0.4 is 10.6 Å². The van der Waals surface area contributed by atoms with Gasteiger partial charge < -0.3 is 0 Å². The smallest absolute Gasteiger partial charge is 0.00955 e. The van der Waals surface area contributed by atoms with Crippen molar-refractivity contribution in [3.05, 3.63) is 60.7 Å². The Morgan fingerprint density at radius 1 is 0.826 bits per heavy atom. The molecule has 2 aromatic carbocycles. The molecule has 1 heteroatoms. The Kier molecular flexibility index (Phi) is 5.54. The van der Waals surface area contributed by atoms with Gasteiger partial charge in [-0.25, -0.2) is 0 Å². The lowest BCUT2D eigenvalue weighted by Crippen LogP contribution is -2.35. The highest BCUT2D eigenvalue weighted by Gasteiger charge is 2.37. The Morgan fingerprint density at radius 2 is 1.35 bits per heavy atom. The van der Waals surface area contributed by atoms with E-state index in [0.717, 1.165) is 23.4 Å². The molecule has 0 aliphatic heterocycles. The third-order valence-corrected chi connectivity index (χ3v) is 8.35. The number of benzene rings is 2. The summed E-state index contributed by atoms with van der Waals surface area (Å²) < 4.78 is 0. The van der Waals surface area contributed by atoms with Gasteiger partial charge in [-0.3, -0.25) is 0 Å². The number of rotatable bonds is 4. The second-order valence-electron chi connectivity index (χ2n) is 7.43. The third kappa shape index (κ3) is 3.86. The zero-order valence-electron chi connectivity index (χ0n) is 14.7. The van der Waals surface area contributed by atoms with Crippen LogP contribution in [-0.4, -0.2) is 5.66 Å². The lowest BCUT2D eigenvalue weighted by Gasteiger charge is -2.42. The minimum atomic E-state index is -0.267. The number of hydrogen-bond acceptors (Lipinski definition) is 0. The molecule has 23 heavy (non-hydrogen) atoms. The van der Waals surface area contributed by atoms with Crippen molar-refractivity contribution in [1.82, 2.24) is 0 Å². The van der Waals surface area contributed by atoms with Crippen LogP contribution in [0.15, 0.2) is 60.7 Å². The maximum absolute atomic E-state index is 2.45. The highest BCUT2D eigenvalue weighted by atomic mass is 31.1. The molecular weight excluding hydrogens is 295 g/mol. The molecule has 1 fully saturated rings. The van der Waals surface area contributed by atoms with E-state index >= 15 is 0 Å². The van der Waals surface area contributed by atoms with Gasteiger partial charge in [0.05, 0.1) is 0 Å². The van der Waals surface area contributed by atoms with Gasteiger partial charge in [0.25, 0.3) is 0 Å². The molecule has 2 unspecified atom stereocenters. The normalized spacial score (nSPS) is 25.0. The van der Waals surface area contributed by atoms with Gasteiger partial charge in [-0.15, -0.1) is 0 Å². The van der Waals surface area contributed by atoms with Gasteiger partial charge in [-0.05, 0) is 54.8 Å². The van der Waals surface area contributed by atoms with E-state index in [1.165, 1.54) is 19.3 Å². The average Bonchev–Trinajstić information content (AvgIpc) is 2.57. The van der Waals surface area contributed by atoms with E-state index in [4.69, 9.17) is 0 Å². The van der Waals surface area contributed by atoms with Crippen molar-refractivity contribution in [3.63, 3.8) is 0 Å². The molecule has 1 aliphatic rings. The summed E-state index contributed by atoms with van der Waals surface area (Å²) in [5, 5.41) is 3.11. The average molecular weight is 324 g/mol. The SMILES string of the molecule is CC1CCC(C(C)C)[C@H](P(c2ccccc2)c2ccccc2)C1. The fraction of sp³-hybridized carbons (Fsp3) is 0.455. The summed E-state index contributed by atoms with van der Waals surface area (Å²) in [7, 11) is -0.267. The van der Waals surface area contributed by atoms with Gasteiger partial charge in [0.1, 0.15) is 0 Å². The second kappa shape index (κ2) is 7.63. The Morgan fingerprint density at radius 3 is 1.83 bits per heavy atom. The Bertz CT molecular complexity index is 550. The molecule has 2 aromatic rings. The van der Waals surface area contributed by atoms with Crippen LogP contribution in [0.5, 0.6) is 0 Å². The van der Waals surface area contributed by atoms with E-state index in [1.807, 2.05) is 0 Å². The predicted octanol–water partition coefficient (Wildman–Crippen LogP) is 5.58. The zero-order valence-corrected chi connectivity index (χ0v) is 15.5. The molecule has 0 nitrogen and oxygen atoms in total. The van der Waals surface area contributed by atoms with Crippen LogP contribution in [0.1, 0.15) is 40.0 Å². The quantitative estimate of drug-likeness (QED) is 0.644. The summed E-state index contributed by atoms with van der Waals surface area (Å²) in [6.45, 7) is 7.31. The maximum atomic E-state index is 2.45. The van der Waals surface area contributed by atoms with Crippen LogP contribution >= 0.6 is 7.92 Å². The Hall–Kier alpha value is -1.13. The summed E-state index contributed by atoms with van der Waals surface area (Å²) in [5.41, 5.74) is 0.818. The molecule has 0 bridgehead atoms. The maximum Gasteiger partial charge on any atom is -0.00955 e. The first kappa shape index (κ1) is 16.7. The van der Waals surface area contributed by atoms with Crippen molar-refractivity contribution in [1.29, 1.82) is 0 Å². The van der Waals surface area contributed by atoms with Crippen molar-refractivity contribution >= 4 is 18.5 Å². The van der Waals surface area contributed by atoms with Crippen molar-refractivity contribution in [2.75, 3.05) is 0 Å². The van der Waals surface area contributed by atoms with E-state index in [1.54, 1.807) is 10.6 Å². The van der Waals surface area contributed by atoms with Crippen LogP contribution in [0.2, 0.25) is 0 Å². The van der Waals surface area contributed by atoms with E-state index in [0.29, 0.717) is 0 Å². The highest BCUT2D eigenvalue weighted by Crippen LogP contribution is 2.51. The first-order valence-corrected chi connectivity index (χ1v) is 10.5. The molecule has 0 saturated heterocycles. The zero-order chi connectivity index (χ0) is 16.2. The standard InChI is InChI=1S/C22H29P/c1-17(2)21-15-14-18(3)16-22(21)23(19-10-6-4-7-11-19)20-12-8-5-9-13-20/h4-13,17-18,21-22H,14-16H2,1-3H3/t18?,21?,22-/m1/s1. The fourth-order valence-corrected chi connectivity index (χ4v) is 7.66. The van der Waals surface area contributed by atoms with E-state index in [2.05, 4.69) is 81.4 Å². The van der Waals surface area contributed by atoms with Crippen LogP contribution in [-0.2, 0) is 0 Å². The van der Waals surface area contributed by atoms with Crippen LogP contribution in [0.3, 0.4) is 0 Å². The van der Waals surface area contributed by atoms with Crippen LogP contribution in [0, 0.1) is 17.8 Å². The molecule has 0 aromatic heterocycles. The summed E-state index contributed by atoms with van der Waals surface area (Å²) in [6, 6.07) is 22.6. The summed E-state index contributed by atoms with van der Waals surface area (Å²) >= 11 is 0. The van der Waals surface area contributed by atoms with Gasteiger partial charge in [-0.2, -0.15) is 0 Å². The van der Waals surface area contributed by atoms with Gasteiger partial charge >= 0.3 is 0 Å². The van der Waals surface area contributed by atoms with Crippen molar-refractivity contribution in [3.8, 4) is 0 Å². The summed E-state index contributed by atoms with van der Waals surface area (Å²) in [5.74, 6) is 2.51. The first-order valence-electron chi connectivity index (χ1n) is 9.06. The van der Waals surface area contributed by atoms with E-state index < -0.39 is 0 Å². The van der Waals surface area contributed by atoms with Gasteiger partial charge in [0.2, 0.25) is 0 Å². The lowest BCUT2D eigenvalue weighted by molar-refractivity contribution is 0.242. The molecule has 1 saturated carbocycles. The fourth-order valence-electron chi connectivity index (χ4n) is 4.16. The first-order chi connectivity index (χ1) is 11.2. The van der Waals surface area contributed by atoms with Crippen LogP contribution in [0.4, 0.5) is 0 Å². The largest absolute Gasteiger partial charge is 0.0625 e. The van der Waals surface area contributed by atoms with Gasteiger partial charge in [0.15, 0.2) is 0 Å². The predicted molar refractivity (Wildman–Crippen MR) is 104 cm³/mol. The minimum absolute atomic E-state index is 0.267. The monoisotopic (exact) mass is 324 g/mol. The second-order valence-corrected chi connectivity index (χ2v) is 9.87. The molecule has 3 rings (SSSR count). The highest BCUT2D eigenvalue weighted by molar-refractivity contribution is 7.73. The lowest BCUT2D eigenvalue weighted by atomic mass is 9.77. The Balaban J connectivity index is 2.03. The molecule has 3 atom stereocenters. The summed E-state index contributed by atoms with van der Waals surface area (Å²) in [6.07, 6.45) is 4.20. The van der Waals surface area contributed by atoms with Crippen molar-refractivity contribution < 1.29 is 0 Å². The molecule has 0 N–H and O–H groups in total. The van der Waals surface area contributed by atoms with Crippen molar-refractivity contribution in [2.45, 2.75) is 45.7 Å². The summed E-state index contributed by atoms with van der Waals surface area (Å²) in [4.78, 5) is 0. The van der Waals surface area contributed by atoms with E-state index in [9.17, 15) is 0 Å². The Labute approximate surface area is 143 Å². The molecule has 0 heterocycles. The molecule has 0 amide bonds. The number of hydrogen-bond donors (Lipinski definition) is 0. The molecular formula is C22H29P. The van der Waals surface area contributed by atoms with Crippen molar-refractivity contribution in [2.24, 2.45) is 17.8 Å². The molecule has 0 spiro atoms. The molecule has 122 valence electrons.